The van der Waals surface area contributed by atoms with Gasteiger partial charge in [0.15, 0.2) is 0 Å². The number of hydrogen-bond acceptors (Lipinski definition) is 3. The van der Waals surface area contributed by atoms with Gasteiger partial charge in [-0.05, 0) is 49.7 Å². The summed E-state index contributed by atoms with van der Waals surface area (Å²) >= 11 is 2.01. The molecule has 0 spiro atoms. The van der Waals surface area contributed by atoms with E-state index in [9.17, 15) is 0 Å². The lowest BCUT2D eigenvalue weighted by Crippen LogP contribution is -2.19. The maximum absolute atomic E-state index is 5.98. The van der Waals surface area contributed by atoms with Gasteiger partial charge in [-0.2, -0.15) is 16.9 Å². The Labute approximate surface area is 122 Å². The van der Waals surface area contributed by atoms with Gasteiger partial charge in [0.2, 0.25) is 0 Å². The lowest BCUT2D eigenvalue weighted by molar-refractivity contribution is 0.572. The fourth-order valence-corrected chi connectivity index (χ4v) is 3.09. The average molecular weight is 283 g/mol. The van der Waals surface area contributed by atoms with Gasteiger partial charge in [-0.25, -0.2) is 0 Å². The van der Waals surface area contributed by atoms with E-state index in [1.807, 2.05) is 11.8 Å². The minimum Gasteiger partial charge on any atom is -0.328 e. The van der Waals surface area contributed by atoms with Crippen molar-refractivity contribution in [3.05, 3.63) is 17.0 Å². The molecule has 0 aromatic carbocycles. The summed E-state index contributed by atoms with van der Waals surface area (Å²) in [6.07, 6.45) is 4.21. The van der Waals surface area contributed by atoms with Crippen molar-refractivity contribution >= 4 is 11.8 Å². The molecule has 4 heteroatoms. The van der Waals surface area contributed by atoms with Crippen LogP contribution in [0.15, 0.2) is 0 Å². The molecule has 0 fully saturated rings. The van der Waals surface area contributed by atoms with Gasteiger partial charge >= 0.3 is 0 Å². The van der Waals surface area contributed by atoms with E-state index in [1.54, 1.807) is 0 Å². The predicted molar refractivity (Wildman–Crippen MR) is 86.0 cm³/mol. The molecule has 1 atom stereocenters. The van der Waals surface area contributed by atoms with Gasteiger partial charge < -0.3 is 5.73 Å². The van der Waals surface area contributed by atoms with Crippen LogP contribution < -0.4 is 5.73 Å². The first-order chi connectivity index (χ1) is 9.13. The molecular formula is C15H29N3S. The zero-order valence-electron chi connectivity index (χ0n) is 12.9. The normalized spacial score (nSPS) is 12.9. The second kappa shape index (κ2) is 8.64. The molecule has 1 aromatic rings. The summed E-state index contributed by atoms with van der Waals surface area (Å²) in [7, 11) is 0. The summed E-state index contributed by atoms with van der Waals surface area (Å²) in [6, 6.07) is 0.212. The van der Waals surface area contributed by atoms with Crippen LogP contribution in [-0.2, 0) is 25.8 Å². The summed E-state index contributed by atoms with van der Waals surface area (Å²) in [5, 5.41) is 4.80. The summed E-state index contributed by atoms with van der Waals surface area (Å²) in [5.74, 6) is 2.43. The number of aromatic nitrogens is 2. The van der Waals surface area contributed by atoms with Crippen LogP contribution in [-0.4, -0.2) is 27.3 Å². The molecule has 0 aliphatic heterocycles. The second-order valence-corrected chi connectivity index (χ2v) is 6.43. The zero-order chi connectivity index (χ0) is 14.3. The third-order valence-electron chi connectivity index (χ3n) is 3.31. The molecule has 0 aliphatic carbocycles. The molecule has 3 nitrogen and oxygen atoms in total. The van der Waals surface area contributed by atoms with Crippen LogP contribution in [0.1, 0.15) is 51.1 Å². The molecule has 0 saturated heterocycles. The van der Waals surface area contributed by atoms with Crippen LogP contribution in [0.4, 0.5) is 0 Å². The van der Waals surface area contributed by atoms with Gasteiger partial charge in [0.25, 0.3) is 0 Å². The first-order valence-electron chi connectivity index (χ1n) is 7.54. The largest absolute Gasteiger partial charge is 0.328 e. The minimum atomic E-state index is 0.212. The van der Waals surface area contributed by atoms with Gasteiger partial charge in [0.1, 0.15) is 0 Å². The standard InChI is InChI=1S/C15H29N3S/c1-5-14-13(11-12(4)16)15(6-2)18(17-14)9-8-10-19-7-3/h12H,5-11,16H2,1-4H3. The van der Waals surface area contributed by atoms with Crippen molar-refractivity contribution in [1.29, 1.82) is 0 Å². The van der Waals surface area contributed by atoms with Gasteiger partial charge in [-0.3, -0.25) is 4.68 Å². The lowest BCUT2D eigenvalue weighted by Gasteiger charge is -2.09. The molecule has 0 bridgehead atoms. The summed E-state index contributed by atoms with van der Waals surface area (Å²) < 4.78 is 2.23. The van der Waals surface area contributed by atoms with Crippen molar-refractivity contribution < 1.29 is 0 Å². The number of nitrogens with two attached hydrogens (primary N) is 1. The average Bonchev–Trinajstić information content (AvgIpc) is 2.71. The molecule has 19 heavy (non-hydrogen) atoms. The Bertz CT molecular complexity index is 372. The van der Waals surface area contributed by atoms with Gasteiger partial charge in [0, 0.05) is 18.3 Å². The van der Waals surface area contributed by atoms with E-state index in [-0.39, 0.29) is 6.04 Å². The number of thioether (sulfide) groups is 1. The summed E-state index contributed by atoms with van der Waals surface area (Å²) in [5.41, 5.74) is 10.0. The van der Waals surface area contributed by atoms with Crippen molar-refractivity contribution in [3.63, 3.8) is 0 Å². The SMILES string of the molecule is CCSCCCn1nc(CC)c(CC(C)N)c1CC. The van der Waals surface area contributed by atoms with Crippen LogP contribution in [0.25, 0.3) is 0 Å². The van der Waals surface area contributed by atoms with Crippen LogP contribution in [0.2, 0.25) is 0 Å². The van der Waals surface area contributed by atoms with Crippen molar-refractivity contribution in [2.24, 2.45) is 5.73 Å². The van der Waals surface area contributed by atoms with E-state index in [1.165, 1.54) is 34.9 Å². The van der Waals surface area contributed by atoms with Crippen LogP contribution in [0.5, 0.6) is 0 Å². The van der Waals surface area contributed by atoms with Gasteiger partial charge in [-0.15, -0.1) is 0 Å². The molecule has 110 valence electrons. The van der Waals surface area contributed by atoms with Crippen molar-refractivity contribution in [1.82, 2.24) is 9.78 Å². The Morgan fingerprint density at radius 2 is 2.00 bits per heavy atom. The molecule has 1 heterocycles. The van der Waals surface area contributed by atoms with Crippen molar-refractivity contribution in [2.75, 3.05) is 11.5 Å². The highest BCUT2D eigenvalue weighted by molar-refractivity contribution is 7.99. The molecule has 0 amide bonds. The van der Waals surface area contributed by atoms with E-state index < -0.39 is 0 Å². The first-order valence-corrected chi connectivity index (χ1v) is 8.70. The summed E-state index contributed by atoms with van der Waals surface area (Å²) in [4.78, 5) is 0. The zero-order valence-corrected chi connectivity index (χ0v) is 13.7. The number of rotatable bonds is 9. The molecule has 1 rings (SSSR count). The third kappa shape index (κ3) is 4.84. The van der Waals surface area contributed by atoms with E-state index >= 15 is 0 Å². The molecule has 2 N–H and O–H groups in total. The topological polar surface area (TPSA) is 43.8 Å². The van der Waals surface area contributed by atoms with Crippen molar-refractivity contribution in [2.45, 2.75) is 66.0 Å². The Kier molecular flexibility index (Phi) is 7.54. The number of hydrogen-bond donors (Lipinski definition) is 1. The molecule has 0 radical (unpaired) electrons. The Balaban J connectivity index is 2.82. The van der Waals surface area contributed by atoms with Crippen LogP contribution >= 0.6 is 11.8 Å². The molecule has 1 aromatic heterocycles. The van der Waals surface area contributed by atoms with E-state index in [2.05, 4.69) is 32.4 Å². The van der Waals surface area contributed by atoms with E-state index in [0.29, 0.717) is 0 Å². The Hall–Kier alpha value is -0.480. The monoisotopic (exact) mass is 283 g/mol. The predicted octanol–water partition coefficient (Wildman–Crippen LogP) is 3.04. The Morgan fingerprint density at radius 1 is 1.26 bits per heavy atom. The fourth-order valence-electron chi connectivity index (χ4n) is 2.47. The molecule has 1 unspecified atom stereocenters. The maximum atomic E-state index is 5.98. The molecule has 0 saturated carbocycles. The van der Waals surface area contributed by atoms with Crippen LogP contribution in [0.3, 0.4) is 0 Å². The Morgan fingerprint density at radius 3 is 2.53 bits per heavy atom. The fraction of sp³-hybridized carbons (Fsp3) is 0.800. The highest BCUT2D eigenvalue weighted by Gasteiger charge is 2.16. The second-order valence-electron chi connectivity index (χ2n) is 5.03. The quantitative estimate of drug-likeness (QED) is 0.708. The maximum Gasteiger partial charge on any atom is 0.0657 e. The van der Waals surface area contributed by atoms with Crippen LogP contribution in [0, 0.1) is 0 Å². The van der Waals surface area contributed by atoms with Gasteiger partial charge in [0.05, 0.1) is 5.69 Å². The van der Waals surface area contributed by atoms with Crippen molar-refractivity contribution in [3.8, 4) is 0 Å². The number of nitrogens with zero attached hydrogens (tertiary/aromatic N) is 2. The van der Waals surface area contributed by atoms with Gasteiger partial charge in [-0.1, -0.05) is 20.8 Å². The highest BCUT2D eigenvalue weighted by Crippen LogP contribution is 2.18. The van der Waals surface area contributed by atoms with E-state index in [4.69, 9.17) is 10.8 Å². The number of aryl methyl sites for hydroxylation is 2. The third-order valence-corrected chi connectivity index (χ3v) is 4.29. The minimum absolute atomic E-state index is 0.212. The molecular weight excluding hydrogens is 254 g/mol. The van der Waals surface area contributed by atoms with E-state index in [0.717, 1.165) is 25.8 Å². The smallest absolute Gasteiger partial charge is 0.0657 e. The highest BCUT2D eigenvalue weighted by atomic mass is 32.2. The summed E-state index contributed by atoms with van der Waals surface area (Å²) in [6.45, 7) is 9.74. The molecule has 0 aliphatic rings. The first kappa shape index (κ1) is 16.6. The lowest BCUT2D eigenvalue weighted by atomic mass is 10.0.